The maximum Gasteiger partial charge on any atom is 0.259 e. The van der Waals surface area contributed by atoms with E-state index in [1.165, 1.54) is 25.7 Å². The van der Waals surface area contributed by atoms with Gasteiger partial charge < -0.3 is 9.42 Å². The number of carbonyl (C=O) groups is 1. The Hall–Kier alpha value is -1.36. The van der Waals surface area contributed by atoms with E-state index in [9.17, 15) is 4.79 Å². The van der Waals surface area contributed by atoms with Gasteiger partial charge in [-0.05, 0) is 26.7 Å². The van der Waals surface area contributed by atoms with Gasteiger partial charge in [0.25, 0.3) is 5.91 Å². The summed E-state index contributed by atoms with van der Waals surface area (Å²) in [6.45, 7) is 7.28. The van der Waals surface area contributed by atoms with E-state index in [2.05, 4.69) is 10.1 Å². The summed E-state index contributed by atoms with van der Waals surface area (Å²) in [6.07, 6.45) is 5.39. The van der Waals surface area contributed by atoms with Crippen LogP contribution in [0.25, 0.3) is 0 Å². The van der Waals surface area contributed by atoms with Crippen LogP contribution in [0, 0.1) is 13.8 Å². The summed E-state index contributed by atoms with van der Waals surface area (Å²) in [5, 5.41) is 3.88. The zero-order chi connectivity index (χ0) is 14.1. The molecule has 2 heterocycles. The highest BCUT2D eigenvalue weighted by atomic mass is 16.5. The number of nitrogens with zero attached hydrogens (tertiary/aromatic N) is 3. The topological polar surface area (TPSA) is 49.6 Å². The number of aryl methyl sites for hydroxylation is 2. The van der Waals surface area contributed by atoms with Gasteiger partial charge in [-0.25, -0.2) is 0 Å². The summed E-state index contributed by atoms with van der Waals surface area (Å²) in [7, 11) is 0. The molecule has 1 aliphatic heterocycles. The Morgan fingerprint density at radius 2 is 1.80 bits per heavy atom. The number of hydrogen-bond acceptors (Lipinski definition) is 4. The zero-order valence-electron chi connectivity index (χ0n) is 12.4. The fourth-order valence-corrected chi connectivity index (χ4v) is 3.51. The summed E-state index contributed by atoms with van der Waals surface area (Å²) < 4.78 is 5.10. The first-order valence-electron chi connectivity index (χ1n) is 7.63. The van der Waals surface area contributed by atoms with E-state index in [0.717, 1.165) is 32.2 Å². The standard InChI is InChI=1S/C15H23N3O2/c1-11-14(12(2)20-16-11)15(19)18-9-7-17(8-10-18)13-5-3-4-6-13/h13H,3-10H2,1-2H3. The van der Waals surface area contributed by atoms with Crippen LogP contribution in [-0.2, 0) is 0 Å². The normalized spacial score (nSPS) is 21.6. The highest BCUT2D eigenvalue weighted by molar-refractivity contribution is 5.96. The third-order valence-electron chi connectivity index (χ3n) is 4.69. The van der Waals surface area contributed by atoms with E-state index < -0.39 is 0 Å². The molecule has 3 rings (SSSR count). The minimum atomic E-state index is 0.0762. The molecule has 1 aliphatic carbocycles. The van der Waals surface area contributed by atoms with Crippen molar-refractivity contribution < 1.29 is 9.32 Å². The number of amides is 1. The maximum absolute atomic E-state index is 12.5. The van der Waals surface area contributed by atoms with Crippen LogP contribution in [0.15, 0.2) is 4.52 Å². The van der Waals surface area contributed by atoms with Crippen LogP contribution in [0.3, 0.4) is 0 Å². The van der Waals surface area contributed by atoms with Crippen molar-refractivity contribution in [2.24, 2.45) is 0 Å². The molecule has 0 atom stereocenters. The SMILES string of the molecule is Cc1noc(C)c1C(=O)N1CCN(C2CCCC2)CC1. The molecular weight excluding hydrogens is 254 g/mol. The largest absolute Gasteiger partial charge is 0.361 e. The Morgan fingerprint density at radius 3 is 2.35 bits per heavy atom. The predicted molar refractivity (Wildman–Crippen MR) is 75.7 cm³/mol. The minimum Gasteiger partial charge on any atom is -0.361 e. The smallest absolute Gasteiger partial charge is 0.259 e. The molecule has 0 bridgehead atoms. The van der Waals surface area contributed by atoms with Crippen molar-refractivity contribution in [3.05, 3.63) is 17.0 Å². The molecule has 0 radical (unpaired) electrons. The van der Waals surface area contributed by atoms with Gasteiger partial charge in [-0.2, -0.15) is 0 Å². The summed E-state index contributed by atoms with van der Waals surface area (Å²) in [4.78, 5) is 17.0. The second-order valence-corrected chi connectivity index (χ2v) is 5.97. The molecule has 1 amide bonds. The van der Waals surface area contributed by atoms with Crippen molar-refractivity contribution in [1.82, 2.24) is 15.0 Å². The van der Waals surface area contributed by atoms with Gasteiger partial charge >= 0.3 is 0 Å². The molecule has 2 aliphatic rings. The molecule has 5 heteroatoms. The second-order valence-electron chi connectivity index (χ2n) is 5.97. The summed E-state index contributed by atoms with van der Waals surface area (Å²) >= 11 is 0. The fraction of sp³-hybridized carbons (Fsp3) is 0.733. The third-order valence-corrected chi connectivity index (χ3v) is 4.69. The van der Waals surface area contributed by atoms with Crippen LogP contribution in [0.4, 0.5) is 0 Å². The quantitative estimate of drug-likeness (QED) is 0.829. The number of piperazine rings is 1. The molecule has 1 aromatic rings. The van der Waals surface area contributed by atoms with Gasteiger partial charge in [-0.1, -0.05) is 18.0 Å². The lowest BCUT2D eigenvalue weighted by Gasteiger charge is -2.38. The van der Waals surface area contributed by atoms with Crippen LogP contribution >= 0.6 is 0 Å². The number of rotatable bonds is 2. The van der Waals surface area contributed by atoms with E-state index in [1.54, 1.807) is 0 Å². The van der Waals surface area contributed by atoms with Crippen LogP contribution in [0.2, 0.25) is 0 Å². The van der Waals surface area contributed by atoms with Crippen molar-refractivity contribution in [2.45, 2.75) is 45.6 Å². The lowest BCUT2D eigenvalue weighted by atomic mass is 10.1. The lowest BCUT2D eigenvalue weighted by molar-refractivity contribution is 0.0571. The van der Waals surface area contributed by atoms with Gasteiger partial charge in [-0.15, -0.1) is 0 Å². The average Bonchev–Trinajstić information content (AvgIpc) is 3.09. The highest BCUT2D eigenvalue weighted by Gasteiger charge is 2.30. The summed E-state index contributed by atoms with van der Waals surface area (Å²) in [5.41, 5.74) is 1.35. The van der Waals surface area contributed by atoms with Crippen molar-refractivity contribution in [2.75, 3.05) is 26.2 Å². The zero-order valence-corrected chi connectivity index (χ0v) is 12.4. The van der Waals surface area contributed by atoms with E-state index in [1.807, 2.05) is 18.7 Å². The maximum atomic E-state index is 12.5. The Balaban J connectivity index is 1.62. The van der Waals surface area contributed by atoms with Gasteiger partial charge in [-0.3, -0.25) is 9.69 Å². The Morgan fingerprint density at radius 1 is 1.15 bits per heavy atom. The number of carbonyl (C=O) groups excluding carboxylic acids is 1. The Kier molecular flexibility index (Phi) is 3.78. The predicted octanol–water partition coefficient (Wildman–Crippen LogP) is 1.99. The summed E-state index contributed by atoms with van der Waals surface area (Å²) in [6, 6.07) is 0.756. The van der Waals surface area contributed by atoms with E-state index in [0.29, 0.717) is 17.0 Å². The molecule has 0 spiro atoms. The molecule has 2 fully saturated rings. The van der Waals surface area contributed by atoms with Gasteiger partial charge in [0.2, 0.25) is 0 Å². The molecule has 1 aromatic heterocycles. The first kappa shape index (κ1) is 13.6. The summed E-state index contributed by atoms with van der Waals surface area (Å²) in [5.74, 6) is 0.707. The van der Waals surface area contributed by atoms with Crippen molar-refractivity contribution in [3.8, 4) is 0 Å². The number of hydrogen-bond donors (Lipinski definition) is 0. The number of aromatic nitrogens is 1. The average molecular weight is 277 g/mol. The molecule has 0 unspecified atom stereocenters. The van der Waals surface area contributed by atoms with Crippen molar-refractivity contribution in [3.63, 3.8) is 0 Å². The van der Waals surface area contributed by atoms with Crippen molar-refractivity contribution in [1.29, 1.82) is 0 Å². The molecule has 110 valence electrons. The van der Waals surface area contributed by atoms with Crippen LogP contribution < -0.4 is 0 Å². The van der Waals surface area contributed by atoms with E-state index >= 15 is 0 Å². The second kappa shape index (κ2) is 5.56. The van der Waals surface area contributed by atoms with Gasteiger partial charge in [0.15, 0.2) is 0 Å². The van der Waals surface area contributed by atoms with Crippen LogP contribution in [-0.4, -0.2) is 53.1 Å². The third kappa shape index (κ3) is 2.46. The first-order valence-corrected chi connectivity index (χ1v) is 7.63. The fourth-order valence-electron chi connectivity index (χ4n) is 3.51. The Bertz CT molecular complexity index is 464. The monoisotopic (exact) mass is 277 g/mol. The van der Waals surface area contributed by atoms with Gasteiger partial charge in [0.05, 0.1) is 5.69 Å². The molecule has 0 aromatic carbocycles. The van der Waals surface area contributed by atoms with Gasteiger partial charge in [0, 0.05) is 32.2 Å². The molecular formula is C15H23N3O2. The molecule has 1 saturated heterocycles. The molecule has 1 saturated carbocycles. The minimum absolute atomic E-state index is 0.0762. The Labute approximate surface area is 119 Å². The lowest BCUT2D eigenvalue weighted by Crippen LogP contribution is -2.51. The van der Waals surface area contributed by atoms with Crippen LogP contribution in [0.5, 0.6) is 0 Å². The van der Waals surface area contributed by atoms with Crippen LogP contribution in [0.1, 0.15) is 47.5 Å². The van der Waals surface area contributed by atoms with E-state index in [-0.39, 0.29) is 5.91 Å². The first-order chi connectivity index (χ1) is 9.66. The molecule has 5 nitrogen and oxygen atoms in total. The molecule has 20 heavy (non-hydrogen) atoms. The van der Waals surface area contributed by atoms with E-state index in [4.69, 9.17) is 4.52 Å². The van der Waals surface area contributed by atoms with Crippen molar-refractivity contribution >= 4 is 5.91 Å². The highest BCUT2D eigenvalue weighted by Crippen LogP contribution is 2.25. The molecule has 0 N–H and O–H groups in total. The van der Waals surface area contributed by atoms with Gasteiger partial charge in [0.1, 0.15) is 11.3 Å².